The lowest BCUT2D eigenvalue weighted by Crippen LogP contribution is -2.59. The third-order valence-corrected chi connectivity index (χ3v) is 5.19. The van der Waals surface area contributed by atoms with E-state index in [9.17, 15) is 5.11 Å². The van der Waals surface area contributed by atoms with Crippen molar-refractivity contribution in [2.45, 2.75) is 39.0 Å². The summed E-state index contributed by atoms with van der Waals surface area (Å²) < 4.78 is 0. The molecule has 2 unspecified atom stereocenters. The number of hydrogen-bond donors (Lipinski definition) is 2. The van der Waals surface area contributed by atoms with Crippen molar-refractivity contribution in [3.63, 3.8) is 0 Å². The highest BCUT2D eigenvalue weighted by molar-refractivity contribution is 7.09. The van der Waals surface area contributed by atoms with Crippen molar-refractivity contribution in [2.75, 3.05) is 0 Å². The van der Waals surface area contributed by atoms with Crippen LogP contribution in [0.25, 0.3) is 11.3 Å². The Labute approximate surface area is 123 Å². The third-order valence-electron chi connectivity index (χ3n) is 4.34. The molecular formula is C16H20N2OS. The first kappa shape index (κ1) is 13.7. The zero-order valence-electron chi connectivity index (χ0n) is 11.8. The second-order valence-corrected chi connectivity index (χ2v) is 6.94. The SMILES string of the molecule is CC1(C)C(O)CC1NCc1nc(-c2ccccc2)cs1. The summed E-state index contributed by atoms with van der Waals surface area (Å²) in [6.07, 6.45) is 0.653. The molecular weight excluding hydrogens is 268 g/mol. The Kier molecular flexibility index (Phi) is 3.63. The van der Waals surface area contributed by atoms with Gasteiger partial charge in [-0.15, -0.1) is 11.3 Å². The molecule has 1 fully saturated rings. The average Bonchev–Trinajstić information content (AvgIpc) is 2.93. The molecule has 2 N–H and O–H groups in total. The summed E-state index contributed by atoms with van der Waals surface area (Å²) in [6, 6.07) is 10.6. The van der Waals surface area contributed by atoms with Crippen LogP contribution in [0, 0.1) is 5.41 Å². The number of aliphatic hydroxyl groups is 1. The molecule has 1 saturated carbocycles. The standard InChI is InChI=1S/C16H20N2OS/c1-16(2)13(8-14(16)19)17-9-15-18-12(10-20-15)11-6-4-3-5-7-11/h3-7,10,13-14,17,19H,8-9H2,1-2H3. The second kappa shape index (κ2) is 5.28. The van der Waals surface area contributed by atoms with Crippen LogP contribution >= 0.6 is 11.3 Å². The van der Waals surface area contributed by atoms with E-state index >= 15 is 0 Å². The first-order valence-corrected chi connectivity index (χ1v) is 7.86. The van der Waals surface area contributed by atoms with E-state index in [2.05, 4.69) is 41.7 Å². The first-order valence-electron chi connectivity index (χ1n) is 6.98. The van der Waals surface area contributed by atoms with Crippen LogP contribution < -0.4 is 5.32 Å². The van der Waals surface area contributed by atoms with E-state index in [1.165, 1.54) is 0 Å². The van der Waals surface area contributed by atoms with E-state index in [4.69, 9.17) is 0 Å². The number of aliphatic hydroxyl groups excluding tert-OH is 1. The molecule has 1 aliphatic rings. The molecule has 1 aromatic carbocycles. The van der Waals surface area contributed by atoms with Crippen LogP contribution in [0.4, 0.5) is 0 Å². The molecule has 20 heavy (non-hydrogen) atoms. The minimum Gasteiger partial charge on any atom is -0.392 e. The highest BCUT2D eigenvalue weighted by Crippen LogP contribution is 2.40. The van der Waals surface area contributed by atoms with Gasteiger partial charge in [0.2, 0.25) is 0 Å². The summed E-state index contributed by atoms with van der Waals surface area (Å²) >= 11 is 1.69. The van der Waals surface area contributed by atoms with E-state index in [0.29, 0.717) is 6.04 Å². The van der Waals surface area contributed by atoms with Crippen LogP contribution in [0.2, 0.25) is 0 Å². The smallest absolute Gasteiger partial charge is 0.107 e. The van der Waals surface area contributed by atoms with E-state index in [1.54, 1.807) is 11.3 Å². The first-order chi connectivity index (χ1) is 9.57. The topological polar surface area (TPSA) is 45.1 Å². The van der Waals surface area contributed by atoms with Gasteiger partial charge in [-0.2, -0.15) is 0 Å². The van der Waals surface area contributed by atoms with Crippen LogP contribution in [-0.2, 0) is 6.54 Å². The Morgan fingerprint density at radius 2 is 2.10 bits per heavy atom. The fourth-order valence-corrected chi connectivity index (χ4v) is 3.35. The van der Waals surface area contributed by atoms with E-state index < -0.39 is 0 Å². The van der Waals surface area contributed by atoms with Gasteiger partial charge in [-0.1, -0.05) is 44.2 Å². The van der Waals surface area contributed by atoms with Gasteiger partial charge in [0.25, 0.3) is 0 Å². The molecule has 3 nitrogen and oxygen atoms in total. The number of nitrogens with one attached hydrogen (secondary N) is 1. The number of nitrogens with zero attached hydrogens (tertiary/aromatic N) is 1. The van der Waals surface area contributed by atoms with E-state index in [-0.39, 0.29) is 11.5 Å². The molecule has 0 bridgehead atoms. The minimum absolute atomic E-state index is 0.0283. The highest BCUT2D eigenvalue weighted by Gasteiger charge is 2.46. The second-order valence-electron chi connectivity index (χ2n) is 6.00. The Hall–Kier alpha value is -1.23. The molecule has 1 aliphatic carbocycles. The Bertz CT molecular complexity index is 579. The fraction of sp³-hybridized carbons (Fsp3) is 0.438. The maximum absolute atomic E-state index is 9.74. The summed E-state index contributed by atoms with van der Waals surface area (Å²) in [5.74, 6) is 0. The highest BCUT2D eigenvalue weighted by atomic mass is 32.1. The monoisotopic (exact) mass is 288 g/mol. The van der Waals surface area contributed by atoms with Crippen LogP contribution in [0.1, 0.15) is 25.3 Å². The van der Waals surface area contributed by atoms with Crippen LogP contribution in [0.3, 0.4) is 0 Å². The quantitative estimate of drug-likeness (QED) is 0.909. The van der Waals surface area contributed by atoms with Crippen molar-refractivity contribution >= 4 is 11.3 Å². The summed E-state index contributed by atoms with van der Waals surface area (Å²) in [7, 11) is 0. The lowest BCUT2D eigenvalue weighted by molar-refractivity contribution is -0.0729. The molecule has 1 aromatic heterocycles. The van der Waals surface area contributed by atoms with Gasteiger partial charge in [0.15, 0.2) is 0 Å². The Morgan fingerprint density at radius 3 is 2.75 bits per heavy atom. The summed E-state index contributed by atoms with van der Waals surface area (Å²) in [5.41, 5.74) is 2.18. The largest absolute Gasteiger partial charge is 0.392 e. The molecule has 0 saturated heterocycles. The van der Waals surface area contributed by atoms with Crippen LogP contribution in [-0.4, -0.2) is 22.2 Å². The fourth-order valence-electron chi connectivity index (χ4n) is 2.59. The lowest BCUT2D eigenvalue weighted by Gasteiger charge is -2.49. The summed E-state index contributed by atoms with van der Waals surface area (Å²) in [5, 5.41) is 16.5. The number of hydrogen-bond acceptors (Lipinski definition) is 4. The number of aromatic nitrogens is 1. The third kappa shape index (κ3) is 2.51. The van der Waals surface area contributed by atoms with Crippen molar-refractivity contribution in [1.29, 1.82) is 0 Å². The minimum atomic E-state index is -0.184. The van der Waals surface area contributed by atoms with Crippen molar-refractivity contribution in [1.82, 2.24) is 10.3 Å². The van der Waals surface area contributed by atoms with E-state index in [1.807, 2.05) is 18.2 Å². The zero-order valence-corrected chi connectivity index (χ0v) is 12.7. The molecule has 3 rings (SSSR count). The van der Waals surface area contributed by atoms with Gasteiger partial charge in [0.1, 0.15) is 5.01 Å². The Balaban J connectivity index is 1.61. The van der Waals surface area contributed by atoms with Crippen molar-refractivity contribution in [2.24, 2.45) is 5.41 Å². The summed E-state index contributed by atoms with van der Waals surface area (Å²) in [4.78, 5) is 4.67. The molecule has 0 amide bonds. The molecule has 0 radical (unpaired) electrons. The van der Waals surface area contributed by atoms with Crippen molar-refractivity contribution in [3.05, 3.63) is 40.7 Å². The van der Waals surface area contributed by atoms with E-state index in [0.717, 1.165) is 29.2 Å². The van der Waals surface area contributed by atoms with Gasteiger partial charge < -0.3 is 10.4 Å². The maximum Gasteiger partial charge on any atom is 0.107 e. The number of rotatable bonds is 4. The van der Waals surface area contributed by atoms with Crippen LogP contribution in [0.5, 0.6) is 0 Å². The zero-order chi connectivity index (χ0) is 14.2. The van der Waals surface area contributed by atoms with Gasteiger partial charge >= 0.3 is 0 Å². The predicted molar refractivity (Wildman–Crippen MR) is 82.6 cm³/mol. The predicted octanol–water partition coefficient (Wildman–Crippen LogP) is 3.06. The molecule has 1 heterocycles. The normalized spacial score (nSPS) is 24.4. The van der Waals surface area contributed by atoms with Gasteiger partial charge in [-0.3, -0.25) is 0 Å². The molecule has 0 spiro atoms. The summed E-state index contributed by atoms with van der Waals surface area (Å²) in [6.45, 7) is 4.99. The van der Waals surface area contributed by atoms with Crippen LogP contribution in [0.15, 0.2) is 35.7 Å². The number of thiazole rings is 1. The van der Waals surface area contributed by atoms with Crippen molar-refractivity contribution in [3.8, 4) is 11.3 Å². The molecule has 2 atom stereocenters. The van der Waals surface area contributed by atoms with Gasteiger partial charge in [-0.25, -0.2) is 4.98 Å². The van der Waals surface area contributed by atoms with Gasteiger partial charge in [0, 0.05) is 28.9 Å². The molecule has 0 aliphatic heterocycles. The van der Waals surface area contributed by atoms with Gasteiger partial charge in [-0.05, 0) is 6.42 Å². The lowest BCUT2D eigenvalue weighted by atomic mass is 9.64. The molecule has 4 heteroatoms. The maximum atomic E-state index is 9.74. The Morgan fingerprint density at radius 1 is 1.35 bits per heavy atom. The molecule has 2 aromatic rings. The number of benzene rings is 1. The average molecular weight is 288 g/mol. The van der Waals surface area contributed by atoms with Crippen molar-refractivity contribution < 1.29 is 5.11 Å². The van der Waals surface area contributed by atoms with Gasteiger partial charge in [0.05, 0.1) is 11.8 Å². The molecule has 106 valence electrons.